The Labute approximate surface area is 265 Å². The summed E-state index contributed by atoms with van der Waals surface area (Å²) in [6.45, 7) is 13.8. The fraction of sp³-hybridized carbons (Fsp3) is 0.487. The van der Waals surface area contributed by atoms with Crippen LogP contribution in [0.1, 0.15) is 82.1 Å². The lowest BCUT2D eigenvalue weighted by Gasteiger charge is -2.46. The van der Waals surface area contributed by atoms with Gasteiger partial charge in [-0.2, -0.15) is 5.26 Å². The van der Waals surface area contributed by atoms with E-state index in [2.05, 4.69) is 67.0 Å². The molecule has 0 bridgehead atoms. The van der Waals surface area contributed by atoms with Crippen molar-refractivity contribution in [2.24, 2.45) is 17.8 Å². The van der Waals surface area contributed by atoms with Gasteiger partial charge in [0.1, 0.15) is 5.76 Å². The van der Waals surface area contributed by atoms with Crippen LogP contribution in [0.2, 0.25) is 0 Å². The minimum absolute atomic E-state index is 0.344. The van der Waals surface area contributed by atoms with Gasteiger partial charge in [0, 0.05) is 31.2 Å². The van der Waals surface area contributed by atoms with Crippen molar-refractivity contribution >= 4 is 11.7 Å². The lowest BCUT2D eigenvalue weighted by molar-refractivity contribution is 0.0637. The van der Waals surface area contributed by atoms with Gasteiger partial charge in [0.25, 0.3) is 0 Å². The Bertz CT molecular complexity index is 1310. The zero-order chi connectivity index (χ0) is 31.4. The van der Waals surface area contributed by atoms with Crippen LogP contribution in [0.15, 0.2) is 90.7 Å². The van der Waals surface area contributed by atoms with Crippen LogP contribution in [-0.4, -0.2) is 43.6 Å². The van der Waals surface area contributed by atoms with Gasteiger partial charge >= 0.3 is 5.97 Å². The number of allylic oxidation sites excluding steroid dienone is 5. The highest BCUT2D eigenvalue weighted by Crippen LogP contribution is 2.44. The van der Waals surface area contributed by atoms with Crippen LogP contribution in [0.3, 0.4) is 0 Å². The third kappa shape index (κ3) is 8.51. The van der Waals surface area contributed by atoms with Gasteiger partial charge in [-0.15, -0.1) is 0 Å². The predicted octanol–water partition coefficient (Wildman–Crippen LogP) is 8.71. The molecule has 0 amide bonds. The topological polar surface area (TPSA) is 56.6 Å². The summed E-state index contributed by atoms with van der Waals surface area (Å²) in [5.41, 5.74) is 2.51. The van der Waals surface area contributed by atoms with E-state index in [0.717, 1.165) is 70.5 Å². The van der Waals surface area contributed by atoms with Crippen LogP contribution >= 0.6 is 0 Å². The van der Waals surface area contributed by atoms with E-state index in [1.165, 1.54) is 12.0 Å². The number of nitriles is 1. The number of likely N-dealkylation sites (tertiary alicyclic amines) is 1. The van der Waals surface area contributed by atoms with Crippen LogP contribution in [0.5, 0.6) is 0 Å². The average Bonchev–Trinajstić information content (AvgIpc) is 3.02. The van der Waals surface area contributed by atoms with Crippen LogP contribution in [0.4, 0.5) is 5.69 Å². The number of hydrogen-bond acceptors (Lipinski definition) is 5. The zero-order valence-electron chi connectivity index (χ0n) is 27.3. The van der Waals surface area contributed by atoms with Crippen molar-refractivity contribution in [1.29, 1.82) is 5.26 Å². The Balaban J connectivity index is 1.28. The third-order valence-corrected chi connectivity index (χ3v) is 9.34. The fourth-order valence-corrected chi connectivity index (χ4v) is 7.03. The first kappa shape index (κ1) is 33.3. The molecule has 2 saturated heterocycles. The highest BCUT2D eigenvalue weighted by atomic mass is 16.5. The fourth-order valence-electron chi connectivity index (χ4n) is 7.03. The highest BCUT2D eigenvalue weighted by molar-refractivity contribution is 5.90. The van der Waals surface area contributed by atoms with Gasteiger partial charge in [-0.05, 0) is 99.5 Å². The highest BCUT2D eigenvalue weighted by Gasteiger charge is 2.43. The first-order valence-corrected chi connectivity index (χ1v) is 16.7. The van der Waals surface area contributed by atoms with Crippen molar-refractivity contribution < 1.29 is 9.53 Å². The van der Waals surface area contributed by atoms with Gasteiger partial charge in [-0.3, -0.25) is 0 Å². The van der Waals surface area contributed by atoms with Gasteiger partial charge in [0.15, 0.2) is 0 Å². The van der Waals surface area contributed by atoms with Crippen molar-refractivity contribution in [3.63, 3.8) is 0 Å². The summed E-state index contributed by atoms with van der Waals surface area (Å²) in [5.74, 6) is 1.76. The monoisotopic (exact) mass is 593 g/mol. The minimum atomic E-state index is -0.398. The molecule has 0 radical (unpaired) electrons. The van der Waals surface area contributed by atoms with Crippen molar-refractivity contribution in [2.75, 3.05) is 37.6 Å². The second-order valence-corrected chi connectivity index (χ2v) is 12.7. The quantitative estimate of drug-likeness (QED) is 0.125. The van der Waals surface area contributed by atoms with E-state index < -0.39 is 5.41 Å². The molecule has 2 unspecified atom stereocenters. The average molecular weight is 594 g/mol. The largest absolute Gasteiger partial charge is 0.423 e. The van der Waals surface area contributed by atoms with Crippen LogP contribution in [0.25, 0.3) is 0 Å². The number of piperidine rings is 1. The van der Waals surface area contributed by atoms with Crippen LogP contribution < -0.4 is 4.90 Å². The van der Waals surface area contributed by atoms with Crippen LogP contribution in [-0.2, 0) is 10.2 Å². The normalized spacial score (nSPS) is 19.1. The SMILES string of the molecule is C\C=C/C(=C\C=C\CC)OC(=O)c1ccc(N2CC(CN3CCC(C(C#N)(CC(C)CCC)c4ccccc4)CC3)C2)cc1. The van der Waals surface area contributed by atoms with E-state index in [1.807, 2.05) is 55.5 Å². The molecule has 2 atom stereocenters. The second kappa shape index (κ2) is 16.5. The molecule has 5 heteroatoms. The molecule has 0 aliphatic carbocycles. The molecule has 2 heterocycles. The second-order valence-electron chi connectivity index (χ2n) is 12.7. The Kier molecular flexibility index (Phi) is 12.4. The van der Waals surface area contributed by atoms with E-state index in [9.17, 15) is 10.1 Å². The van der Waals surface area contributed by atoms with Gasteiger partial charge < -0.3 is 14.5 Å². The van der Waals surface area contributed by atoms with Crippen molar-refractivity contribution in [3.05, 3.63) is 102 Å². The molecule has 2 aromatic carbocycles. The molecule has 44 heavy (non-hydrogen) atoms. The van der Waals surface area contributed by atoms with Gasteiger partial charge in [0.05, 0.1) is 17.0 Å². The standard InChI is InChI=1S/C39H51N3O2/c1-5-8-10-17-37(14-7-3)44-38(43)33-18-20-36(21-19-33)42-28-32(29-42)27-41-24-22-35(23-25-41)39(30-40,26-31(4)13-6-2)34-15-11-9-12-16-34/h7-12,14-21,31-32,35H,5-6,13,22-29H2,1-4H3/b10-8+,14-7-,37-17+. The molecule has 0 spiro atoms. The Morgan fingerprint density at radius 1 is 1.09 bits per heavy atom. The molecular weight excluding hydrogens is 542 g/mol. The molecule has 2 fully saturated rings. The van der Waals surface area contributed by atoms with E-state index in [4.69, 9.17) is 4.74 Å². The first-order valence-electron chi connectivity index (χ1n) is 16.7. The number of hydrogen-bond donors (Lipinski definition) is 0. The molecular formula is C39H51N3O2. The molecule has 2 aliphatic rings. The lowest BCUT2D eigenvalue weighted by Crippen LogP contribution is -2.53. The Morgan fingerprint density at radius 2 is 1.80 bits per heavy atom. The summed E-state index contributed by atoms with van der Waals surface area (Å²) in [6.07, 6.45) is 15.8. The Hall–Kier alpha value is -3.62. The molecule has 0 N–H and O–H groups in total. The van der Waals surface area contributed by atoms with E-state index in [0.29, 0.717) is 29.1 Å². The lowest BCUT2D eigenvalue weighted by atomic mass is 9.63. The predicted molar refractivity (Wildman–Crippen MR) is 181 cm³/mol. The summed E-state index contributed by atoms with van der Waals surface area (Å²) in [5, 5.41) is 10.6. The maximum Gasteiger partial charge on any atom is 0.343 e. The minimum Gasteiger partial charge on any atom is -0.423 e. The molecule has 4 rings (SSSR count). The third-order valence-electron chi connectivity index (χ3n) is 9.34. The van der Waals surface area contributed by atoms with E-state index in [-0.39, 0.29) is 5.97 Å². The summed E-state index contributed by atoms with van der Waals surface area (Å²) < 4.78 is 5.60. The summed E-state index contributed by atoms with van der Waals surface area (Å²) in [6, 6.07) is 21.2. The number of ether oxygens (including phenoxy) is 1. The maximum atomic E-state index is 12.7. The van der Waals surface area contributed by atoms with Gasteiger partial charge in [0.2, 0.25) is 0 Å². The number of carbonyl (C=O) groups excluding carboxylic acids is 1. The first-order chi connectivity index (χ1) is 21.4. The molecule has 5 nitrogen and oxygen atoms in total. The smallest absolute Gasteiger partial charge is 0.343 e. The van der Waals surface area contributed by atoms with Crippen LogP contribution in [0, 0.1) is 29.1 Å². The zero-order valence-corrected chi connectivity index (χ0v) is 27.3. The van der Waals surface area contributed by atoms with Crippen molar-refractivity contribution in [2.45, 2.75) is 71.6 Å². The number of nitrogens with zero attached hydrogens (tertiary/aromatic N) is 3. The summed E-state index contributed by atoms with van der Waals surface area (Å²) >= 11 is 0. The molecule has 234 valence electrons. The summed E-state index contributed by atoms with van der Waals surface area (Å²) in [7, 11) is 0. The Morgan fingerprint density at radius 3 is 2.41 bits per heavy atom. The van der Waals surface area contributed by atoms with Gasteiger partial charge in [-0.1, -0.05) is 82.2 Å². The molecule has 0 aromatic heterocycles. The maximum absolute atomic E-state index is 12.7. The van der Waals surface area contributed by atoms with Crippen molar-refractivity contribution in [3.8, 4) is 6.07 Å². The summed E-state index contributed by atoms with van der Waals surface area (Å²) in [4.78, 5) is 17.7. The van der Waals surface area contributed by atoms with E-state index >= 15 is 0 Å². The molecule has 2 aliphatic heterocycles. The molecule has 2 aromatic rings. The number of benzene rings is 2. The number of carbonyl (C=O) groups is 1. The van der Waals surface area contributed by atoms with Crippen molar-refractivity contribution in [1.82, 2.24) is 4.90 Å². The molecule has 0 saturated carbocycles. The number of esters is 1. The number of anilines is 1. The van der Waals surface area contributed by atoms with E-state index in [1.54, 1.807) is 6.08 Å². The number of rotatable bonds is 14. The van der Waals surface area contributed by atoms with Gasteiger partial charge in [-0.25, -0.2) is 4.79 Å².